The Labute approximate surface area is 163 Å². The highest BCUT2D eigenvalue weighted by Crippen LogP contribution is 2.19. The number of hydrogen-bond acceptors (Lipinski definition) is 4. The van der Waals surface area contributed by atoms with Crippen molar-refractivity contribution in [1.82, 2.24) is 24.8 Å². The molecule has 28 heavy (non-hydrogen) atoms. The molecule has 1 fully saturated rings. The van der Waals surface area contributed by atoms with Crippen LogP contribution in [-0.2, 0) is 4.79 Å². The fourth-order valence-electron chi connectivity index (χ4n) is 3.61. The second-order valence-electron chi connectivity index (χ2n) is 6.98. The summed E-state index contributed by atoms with van der Waals surface area (Å²) in [6.45, 7) is 4.04. The molecule has 0 radical (unpaired) electrons. The molecule has 1 aliphatic heterocycles. The number of aryl methyl sites for hydroxylation is 1. The number of hydrogen-bond donors (Lipinski definition) is 1. The second-order valence-corrected chi connectivity index (χ2v) is 6.98. The van der Waals surface area contributed by atoms with Gasteiger partial charge < -0.3 is 10.2 Å². The fraction of sp³-hybridized carbons (Fsp3) is 0.333. The number of carbonyl (C=O) groups is 2. The van der Waals surface area contributed by atoms with E-state index in [4.69, 9.17) is 0 Å². The molecule has 7 heteroatoms. The van der Waals surface area contributed by atoms with E-state index in [1.807, 2.05) is 52.8 Å². The largest absolute Gasteiger partial charge is 0.352 e. The van der Waals surface area contributed by atoms with Crippen LogP contribution < -0.4 is 5.32 Å². The third kappa shape index (κ3) is 3.60. The number of aromatic nitrogens is 3. The average Bonchev–Trinajstić information content (AvgIpc) is 3.27. The first kappa shape index (κ1) is 18.2. The summed E-state index contributed by atoms with van der Waals surface area (Å²) < 4.78 is 1.98. The van der Waals surface area contributed by atoms with Gasteiger partial charge in [0, 0.05) is 43.5 Å². The first-order valence-electron chi connectivity index (χ1n) is 9.60. The number of benzene rings is 1. The molecular formula is C21H23N5O2. The smallest absolute Gasteiger partial charge is 0.251 e. The lowest BCUT2D eigenvalue weighted by molar-refractivity contribution is -0.127. The quantitative estimate of drug-likeness (QED) is 0.669. The minimum absolute atomic E-state index is 0.107. The second kappa shape index (κ2) is 7.80. The predicted octanol–water partition coefficient (Wildman–Crippen LogP) is 2.47. The van der Waals surface area contributed by atoms with Crippen LogP contribution in [0, 0.1) is 6.92 Å². The van der Waals surface area contributed by atoms with Gasteiger partial charge in [0.15, 0.2) is 5.65 Å². The van der Waals surface area contributed by atoms with E-state index in [1.165, 1.54) is 0 Å². The Hall–Kier alpha value is -3.22. The van der Waals surface area contributed by atoms with Crippen molar-refractivity contribution in [1.29, 1.82) is 0 Å². The van der Waals surface area contributed by atoms with Crippen LogP contribution in [0.2, 0.25) is 0 Å². The number of pyridine rings is 1. The molecule has 1 aromatic carbocycles. The molecular weight excluding hydrogens is 354 g/mol. The highest BCUT2D eigenvalue weighted by Gasteiger charge is 2.19. The van der Waals surface area contributed by atoms with Gasteiger partial charge in [0.2, 0.25) is 5.91 Å². The zero-order valence-corrected chi connectivity index (χ0v) is 15.9. The highest BCUT2D eigenvalue weighted by molar-refractivity contribution is 5.94. The molecule has 1 N–H and O–H groups in total. The summed E-state index contributed by atoms with van der Waals surface area (Å²) in [6.07, 6.45) is 4.11. The molecule has 1 aliphatic rings. The number of likely N-dealkylation sites (tertiary alicyclic amines) is 1. The maximum Gasteiger partial charge on any atom is 0.251 e. The summed E-state index contributed by atoms with van der Waals surface area (Å²) in [5.41, 5.74) is 3.17. The molecule has 2 amide bonds. The number of rotatable bonds is 6. The van der Waals surface area contributed by atoms with E-state index in [0.29, 0.717) is 25.1 Å². The summed E-state index contributed by atoms with van der Waals surface area (Å²) in [5.74, 6) is 0.964. The van der Waals surface area contributed by atoms with E-state index < -0.39 is 0 Å². The number of fused-ring (bicyclic) bond motifs is 1. The van der Waals surface area contributed by atoms with Gasteiger partial charge in [-0.05, 0) is 56.2 Å². The number of nitrogens with one attached hydrogen (secondary N) is 1. The van der Waals surface area contributed by atoms with E-state index in [1.54, 1.807) is 6.20 Å². The molecule has 2 aromatic heterocycles. The van der Waals surface area contributed by atoms with Crippen molar-refractivity contribution in [3.8, 4) is 5.69 Å². The molecule has 0 aliphatic carbocycles. The lowest BCUT2D eigenvalue weighted by atomic mass is 10.2. The molecule has 0 spiro atoms. The van der Waals surface area contributed by atoms with Gasteiger partial charge in [0.05, 0.1) is 0 Å². The van der Waals surface area contributed by atoms with Crippen molar-refractivity contribution in [3.63, 3.8) is 0 Å². The van der Waals surface area contributed by atoms with Crippen LogP contribution in [0.1, 0.15) is 35.4 Å². The highest BCUT2D eigenvalue weighted by atomic mass is 16.2. The van der Waals surface area contributed by atoms with Crippen LogP contribution in [0.4, 0.5) is 0 Å². The molecule has 7 nitrogen and oxygen atoms in total. The van der Waals surface area contributed by atoms with E-state index in [-0.39, 0.29) is 11.8 Å². The molecule has 3 aromatic rings. The van der Waals surface area contributed by atoms with E-state index >= 15 is 0 Å². The van der Waals surface area contributed by atoms with Gasteiger partial charge in [0.25, 0.3) is 5.91 Å². The molecule has 4 rings (SSSR count). The van der Waals surface area contributed by atoms with Crippen molar-refractivity contribution in [2.75, 3.05) is 19.6 Å². The topological polar surface area (TPSA) is 80.1 Å². The Kier molecular flexibility index (Phi) is 5.06. The third-order valence-electron chi connectivity index (χ3n) is 5.03. The van der Waals surface area contributed by atoms with Gasteiger partial charge in [-0.2, -0.15) is 0 Å². The Balaban J connectivity index is 1.38. The van der Waals surface area contributed by atoms with Gasteiger partial charge in [-0.25, -0.2) is 9.97 Å². The Morgan fingerprint density at radius 3 is 2.79 bits per heavy atom. The van der Waals surface area contributed by atoms with Crippen molar-refractivity contribution in [2.24, 2.45) is 0 Å². The summed E-state index contributed by atoms with van der Waals surface area (Å²) in [7, 11) is 0. The predicted molar refractivity (Wildman–Crippen MR) is 106 cm³/mol. The summed E-state index contributed by atoms with van der Waals surface area (Å²) in [5, 5.41) is 2.92. The van der Waals surface area contributed by atoms with Crippen molar-refractivity contribution >= 4 is 23.0 Å². The molecule has 3 heterocycles. The van der Waals surface area contributed by atoms with E-state index in [9.17, 15) is 9.59 Å². The Morgan fingerprint density at radius 1 is 1.21 bits per heavy atom. The van der Waals surface area contributed by atoms with Crippen LogP contribution in [-0.4, -0.2) is 50.9 Å². The molecule has 0 bridgehead atoms. The van der Waals surface area contributed by atoms with E-state index in [2.05, 4.69) is 15.3 Å². The van der Waals surface area contributed by atoms with Crippen molar-refractivity contribution < 1.29 is 9.59 Å². The zero-order chi connectivity index (χ0) is 19.5. The standard InChI is InChI=1S/C21H23N5O2/c1-15-24-18-5-2-11-22-20(18)26(15)17-9-7-16(8-10-17)21(28)23-12-4-14-25-13-3-6-19(25)27/h2,5,7-11H,3-4,6,12-14H2,1H3,(H,23,28). The Bertz CT molecular complexity index is 1010. The van der Waals surface area contributed by atoms with Crippen molar-refractivity contribution in [2.45, 2.75) is 26.2 Å². The minimum Gasteiger partial charge on any atom is -0.352 e. The lowest BCUT2D eigenvalue weighted by Crippen LogP contribution is -2.30. The van der Waals surface area contributed by atoms with Crippen LogP contribution in [0.15, 0.2) is 42.6 Å². The molecule has 0 atom stereocenters. The first-order chi connectivity index (χ1) is 13.6. The normalized spacial score (nSPS) is 14.0. The monoisotopic (exact) mass is 377 g/mol. The minimum atomic E-state index is -0.107. The van der Waals surface area contributed by atoms with Gasteiger partial charge in [-0.15, -0.1) is 0 Å². The van der Waals surface area contributed by atoms with Crippen LogP contribution in [0.5, 0.6) is 0 Å². The Morgan fingerprint density at radius 2 is 2.04 bits per heavy atom. The third-order valence-corrected chi connectivity index (χ3v) is 5.03. The van der Waals surface area contributed by atoms with Gasteiger partial charge in [0.1, 0.15) is 11.3 Å². The number of nitrogens with zero attached hydrogens (tertiary/aromatic N) is 4. The average molecular weight is 377 g/mol. The molecule has 0 saturated carbocycles. The fourth-order valence-corrected chi connectivity index (χ4v) is 3.61. The maximum absolute atomic E-state index is 12.4. The van der Waals surface area contributed by atoms with Crippen LogP contribution in [0.25, 0.3) is 16.9 Å². The molecule has 144 valence electrons. The summed E-state index contributed by atoms with van der Waals surface area (Å²) >= 11 is 0. The maximum atomic E-state index is 12.4. The van der Waals surface area contributed by atoms with Crippen LogP contribution in [0.3, 0.4) is 0 Å². The lowest BCUT2D eigenvalue weighted by Gasteiger charge is -2.15. The summed E-state index contributed by atoms with van der Waals surface area (Å²) in [6, 6.07) is 11.2. The van der Waals surface area contributed by atoms with E-state index in [0.717, 1.165) is 42.1 Å². The number of carbonyl (C=O) groups excluding carboxylic acids is 2. The SMILES string of the molecule is Cc1nc2cccnc2n1-c1ccc(C(=O)NCCCN2CCCC2=O)cc1. The molecule has 0 unspecified atom stereocenters. The van der Waals surface area contributed by atoms with Gasteiger partial charge in [-0.3, -0.25) is 14.2 Å². The van der Waals surface area contributed by atoms with Crippen molar-refractivity contribution in [3.05, 3.63) is 54.0 Å². The summed E-state index contributed by atoms with van der Waals surface area (Å²) in [4.78, 5) is 34.8. The number of imidazole rings is 1. The first-order valence-corrected chi connectivity index (χ1v) is 9.60. The zero-order valence-electron chi connectivity index (χ0n) is 15.9. The van der Waals surface area contributed by atoms with Crippen LogP contribution >= 0.6 is 0 Å². The van der Waals surface area contributed by atoms with Gasteiger partial charge >= 0.3 is 0 Å². The molecule has 1 saturated heterocycles. The van der Waals surface area contributed by atoms with Gasteiger partial charge in [-0.1, -0.05) is 0 Å². The number of amides is 2.